The highest BCUT2D eigenvalue weighted by Gasteiger charge is 2.27. The van der Waals surface area contributed by atoms with Crippen LogP contribution in [0.1, 0.15) is 37.8 Å². The Labute approximate surface area is 142 Å². The molecule has 0 fully saturated rings. The predicted octanol–water partition coefficient (Wildman–Crippen LogP) is 3.55. The molecule has 0 atom stereocenters. The van der Waals surface area contributed by atoms with Gasteiger partial charge in [0.25, 0.3) is 5.91 Å². The van der Waals surface area contributed by atoms with Crippen LogP contribution in [0.2, 0.25) is 0 Å². The summed E-state index contributed by atoms with van der Waals surface area (Å²) < 4.78 is 15.6. The second-order valence-electron chi connectivity index (χ2n) is 5.35. The Morgan fingerprint density at radius 3 is 2.56 bits per heavy atom. The number of esters is 1. The van der Waals surface area contributed by atoms with Crippen molar-refractivity contribution in [3.05, 3.63) is 52.5 Å². The van der Waals surface area contributed by atoms with Gasteiger partial charge in [0.1, 0.15) is 28.5 Å². The molecule has 25 heavy (non-hydrogen) atoms. The Kier molecular flexibility index (Phi) is 4.03. The van der Waals surface area contributed by atoms with Crippen molar-refractivity contribution in [1.29, 1.82) is 5.26 Å². The maximum absolute atomic E-state index is 12.5. The lowest BCUT2D eigenvalue weighted by molar-refractivity contribution is 0.0598. The third-order valence-electron chi connectivity index (χ3n) is 3.86. The summed E-state index contributed by atoms with van der Waals surface area (Å²) in [4.78, 5) is 24.3. The standard InChI is InChI=1S/C18H14N2O5/c1-9-11-6-4-5-7-13(11)25-15(9)16(21)20-17-12(8-19)14(10(2)24-17)18(22)23-3/h4-7H,1-3H3,(H,20,21). The molecule has 126 valence electrons. The molecular weight excluding hydrogens is 324 g/mol. The molecular formula is C18H14N2O5. The summed E-state index contributed by atoms with van der Waals surface area (Å²) in [5.41, 5.74) is 1.15. The van der Waals surface area contributed by atoms with Crippen LogP contribution in [-0.4, -0.2) is 19.0 Å². The third-order valence-corrected chi connectivity index (χ3v) is 3.86. The molecule has 7 nitrogen and oxygen atoms in total. The molecule has 1 aromatic carbocycles. The summed E-state index contributed by atoms with van der Waals surface area (Å²) in [6, 6.07) is 9.11. The molecule has 0 spiro atoms. The maximum Gasteiger partial charge on any atom is 0.342 e. The van der Waals surface area contributed by atoms with Crippen molar-refractivity contribution in [3.8, 4) is 6.07 Å². The number of nitrogens with zero attached hydrogens (tertiary/aromatic N) is 1. The highest BCUT2D eigenvalue weighted by Crippen LogP contribution is 2.29. The van der Waals surface area contributed by atoms with E-state index in [0.717, 1.165) is 5.39 Å². The number of ether oxygens (including phenoxy) is 1. The van der Waals surface area contributed by atoms with E-state index in [9.17, 15) is 14.9 Å². The number of aryl methyl sites for hydroxylation is 2. The average molecular weight is 338 g/mol. The highest BCUT2D eigenvalue weighted by molar-refractivity contribution is 6.07. The second-order valence-corrected chi connectivity index (χ2v) is 5.35. The van der Waals surface area contributed by atoms with Gasteiger partial charge >= 0.3 is 5.97 Å². The van der Waals surface area contributed by atoms with Crippen molar-refractivity contribution in [2.45, 2.75) is 13.8 Å². The number of methoxy groups -OCH3 is 1. The fraction of sp³-hybridized carbons (Fsp3) is 0.167. The second kappa shape index (κ2) is 6.17. The van der Waals surface area contributed by atoms with Gasteiger partial charge in [-0.25, -0.2) is 4.79 Å². The zero-order valence-electron chi connectivity index (χ0n) is 13.8. The molecule has 1 amide bonds. The largest absolute Gasteiger partial charge is 0.465 e. The number of fused-ring (bicyclic) bond motifs is 1. The number of rotatable bonds is 3. The molecule has 0 aliphatic carbocycles. The zero-order chi connectivity index (χ0) is 18.1. The molecule has 3 aromatic rings. The lowest BCUT2D eigenvalue weighted by Crippen LogP contribution is -2.13. The number of hydrogen-bond acceptors (Lipinski definition) is 6. The number of carbonyl (C=O) groups excluding carboxylic acids is 2. The first-order valence-corrected chi connectivity index (χ1v) is 7.39. The summed E-state index contributed by atoms with van der Waals surface area (Å²) >= 11 is 0. The van der Waals surface area contributed by atoms with Crippen LogP contribution in [0.15, 0.2) is 33.1 Å². The maximum atomic E-state index is 12.5. The number of anilines is 1. The summed E-state index contributed by atoms with van der Waals surface area (Å²) in [5, 5.41) is 12.6. The van der Waals surface area contributed by atoms with E-state index in [1.54, 1.807) is 19.1 Å². The van der Waals surface area contributed by atoms with E-state index in [-0.39, 0.29) is 28.5 Å². The van der Waals surface area contributed by atoms with Crippen LogP contribution in [0.4, 0.5) is 5.88 Å². The van der Waals surface area contributed by atoms with Gasteiger partial charge in [-0.05, 0) is 19.9 Å². The van der Waals surface area contributed by atoms with Crippen molar-refractivity contribution in [1.82, 2.24) is 0 Å². The summed E-state index contributed by atoms with van der Waals surface area (Å²) in [5.74, 6) is -1.11. The van der Waals surface area contributed by atoms with Crippen molar-refractivity contribution >= 4 is 28.7 Å². The van der Waals surface area contributed by atoms with Gasteiger partial charge in [0.2, 0.25) is 5.88 Å². The highest BCUT2D eigenvalue weighted by atomic mass is 16.5. The fourth-order valence-corrected chi connectivity index (χ4v) is 2.64. The molecule has 0 saturated heterocycles. The van der Waals surface area contributed by atoms with E-state index >= 15 is 0 Å². The van der Waals surface area contributed by atoms with Crippen LogP contribution in [0, 0.1) is 25.2 Å². The Morgan fingerprint density at radius 1 is 1.20 bits per heavy atom. The Hall–Kier alpha value is -3.53. The first kappa shape index (κ1) is 16.3. The molecule has 0 saturated carbocycles. The number of carbonyl (C=O) groups is 2. The molecule has 1 N–H and O–H groups in total. The van der Waals surface area contributed by atoms with Crippen molar-refractivity contribution in [2.75, 3.05) is 12.4 Å². The van der Waals surface area contributed by atoms with Crippen LogP contribution in [0.25, 0.3) is 11.0 Å². The smallest absolute Gasteiger partial charge is 0.342 e. The Bertz CT molecular complexity index is 1040. The molecule has 3 rings (SSSR count). The van der Waals surface area contributed by atoms with Gasteiger partial charge in [0.05, 0.1) is 7.11 Å². The SMILES string of the molecule is COC(=O)c1c(C)oc(NC(=O)c2oc3ccccc3c2C)c1C#N. The number of amides is 1. The van der Waals surface area contributed by atoms with Crippen molar-refractivity contribution < 1.29 is 23.2 Å². The summed E-state index contributed by atoms with van der Waals surface area (Å²) in [7, 11) is 1.20. The molecule has 7 heteroatoms. The number of benzene rings is 1. The van der Waals surface area contributed by atoms with Gasteiger partial charge in [0.15, 0.2) is 5.76 Å². The van der Waals surface area contributed by atoms with E-state index < -0.39 is 11.9 Å². The van der Waals surface area contributed by atoms with Crippen molar-refractivity contribution in [2.24, 2.45) is 0 Å². The van der Waals surface area contributed by atoms with Gasteiger partial charge in [-0.15, -0.1) is 0 Å². The zero-order valence-corrected chi connectivity index (χ0v) is 13.8. The minimum atomic E-state index is -0.710. The molecule has 0 unspecified atom stereocenters. The third kappa shape index (κ3) is 2.64. The average Bonchev–Trinajstić information content (AvgIpc) is 3.11. The first-order chi connectivity index (χ1) is 12.0. The summed E-state index contributed by atoms with van der Waals surface area (Å²) in [6.07, 6.45) is 0. The van der Waals surface area contributed by atoms with E-state index in [0.29, 0.717) is 11.1 Å². The summed E-state index contributed by atoms with van der Waals surface area (Å²) in [6.45, 7) is 3.27. The van der Waals surface area contributed by atoms with Crippen molar-refractivity contribution in [3.63, 3.8) is 0 Å². The number of nitriles is 1. The molecule has 2 aromatic heterocycles. The minimum absolute atomic E-state index is 0.0124. The first-order valence-electron chi connectivity index (χ1n) is 7.39. The molecule has 0 aliphatic rings. The Morgan fingerprint density at radius 2 is 1.92 bits per heavy atom. The molecule has 0 aliphatic heterocycles. The fourth-order valence-electron chi connectivity index (χ4n) is 2.64. The monoisotopic (exact) mass is 338 g/mol. The van der Waals surface area contributed by atoms with Gasteiger partial charge in [0, 0.05) is 10.9 Å². The van der Waals surface area contributed by atoms with E-state index in [2.05, 4.69) is 10.1 Å². The minimum Gasteiger partial charge on any atom is -0.465 e. The quantitative estimate of drug-likeness (QED) is 0.732. The van der Waals surface area contributed by atoms with Crippen LogP contribution in [0.3, 0.4) is 0 Å². The number of nitrogens with one attached hydrogen (secondary N) is 1. The lowest BCUT2D eigenvalue weighted by atomic mass is 10.1. The van der Waals surface area contributed by atoms with Gasteiger partial charge in [-0.3, -0.25) is 10.1 Å². The lowest BCUT2D eigenvalue weighted by Gasteiger charge is -2.01. The normalized spacial score (nSPS) is 10.5. The van der Waals surface area contributed by atoms with E-state index in [1.807, 2.05) is 18.2 Å². The molecule has 0 bridgehead atoms. The molecule has 2 heterocycles. The molecule has 0 radical (unpaired) electrons. The number of para-hydroxylation sites is 1. The van der Waals surface area contributed by atoms with E-state index in [1.165, 1.54) is 14.0 Å². The van der Waals surface area contributed by atoms with Crippen LogP contribution in [-0.2, 0) is 4.74 Å². The topological polar surface area (TPSA) is 105 Å². The van der Waals surface area contributed by atoms with Gasteiger partial charge in [-0.2, -0.15) is 5.26 Å². The number of hydrogen-bond donors (Lipinski definition) is 1. The van der Waals surface area contributed by atoms with Crippen LogP contribution in [0.5, 0.6) is 0 Å². The predicted molar refractivity (Wildman–Crippen MR) is 88.4 cm³/mol. The van der Waals surface area contributed by atoms with Gasteiger partial charge < -0.3 is 13.6 Å². The van der Waals surface area contributed by atoms with Gasteiger partial charge in [-0.1, -0.05) is 18.2 Å². The number of furan rings is 2. The van der Waals surface area contributed by atoms with Crippen LogP contribution >= 0.6 is 0 Å². The Balaban J connectivity index is 2.00. The van der Waals surface area contributed by atoms with Crippen LogP contribution < -0.4 is 5.32 Å². The van der Waals surface area contributed by atoms with E-state index in [4.69, 9.17) is 8.83 Å².